The normalized spacial score (nSPS) is 34.6. The first-order valence-corrected chi connectivity index (χ1v) is 6.04. The molecule has 17 heavy (non-hydrogen) atoms. The standard InChI is InChI=1S/C9H16N2O5S/c1-2-11-9(10)17-5-3-4(12)6(13)7(16-5)8(14)15/h4-7,12-13H,2-3H2,1H3,(H2,10,11)(H,14,15). The Bertz CT molecular complexity index is 312. The largest absolute Gasteiger partial charge is 0.479 e. The minimum atomic E-state index is -1.44. The third-order valence-electron chi connectivity index (χ3n) is 2.25. The number of aliphatic imine (C=N–C) groups is 1. The number of aliphatic hydroxyl groups excluding tert-OH is 2. The number of nitrogens with two attached hydrogens (primary N) is 1. The first-order valence-electron chi connectivity index (χ1n) is 5.16. The van der Waals surface area contributed by atoms with Crippen LogP contribution in [0.2, 0.25) is 0 Å². The van der Waals surface area contributed by atoms with Crippen molar-refractivity contribution in [1.29, 1.82) is 0 Å². The zero-order valence-corrected chi connectivity index (χ0v) is 10.1. The molecule has 0 amide bonds. The van der Waals surface area contributed by atoms with Gasteiger partial charge in [-0.3, -0.25) is 4.99 Å². The van der Waals surface area contributed by atoms with Crippen LogP contribution in [0.15, 0.2) is 4.99 Å². The second-order valence-corrected chi connectivity index (χ2v) is 4.73. The highest BCUT2D eigenvalue weighted by atomic mass is 32.2. The molecule has 8 heteroatoms. The number of carboxylic acids is 1. The lowest BCUT2D eigenvalue weighted by molar-refractivity contribution is -0.181. The van der Waals surface area contributed by atoms with Gasteiger partial charge in [-0.2, -0.15) is 0 Å². The summed E-state index contributed by atoms with van der Waals surface area (Å²) in [7, 11) is 0. The molecule has 7 nitrogen and oxygen atoms in total. The molecule has 4 atom stereocenters. The fraction of sp³-hybridized carbons (Fsp3) is 0.778. The molecule has 0 radical (unpaired) electrons. The second-order valence-electron chi connectivity index (χ2n) is 3.55. The van der Waals surface area contributed by atoms with Crippen LogP contribution in [0.25, 0.3) is 0 Å². The van der Waals surface area contributed by atoms with Crippen LogP contribution in [-0.2, 0) is 9.53 Å². The van der Waals surface area contributed by atoms with E-state index in [1.807, 2.05) is 6.92 Å². The number of rotatable bonds is 3. The lowest BCUT2D eigenvalue weighted by Crippen LogP contribution is -2.51. The maximum Gasteiger partial charge on any atom is 0.335 e. The number of aliphatic hydroxyl groups is 2. The van der Waals surface area contributed by atoms with Gasteiger partial charge in [-0.1, -0.05) is 11.8 Å². The van der Waals surface area contributed by atoms with Gasteiger partial charge in [0, 0.05) is 13.0 Å². The monoisotopic (exact) mass is 264 g/mol. The predicted molar refractivity (Wildman–Crippen MR) is 62.7 cm³/mol. The van der Waals surface area contributed by atoms with Crippen LogP contribution in [0.5, 0.6) is 0 Å². The van der Waals surface area contributed by atoms with Gasteiger partial charge < -0.3 is 25.8 Å². The summed E-state index contributed by atoms with van der Waals surface area (Å²) in [6, 6.07) is 0. The average molecular weight is 264 g/mol. The van der Waals surface area contributed by atoms with E-state index in [1.165, 1.54) is 0 Å². The molecule has 0 spiro atoms. The third-order valence-corrected chi connectivity index (χ3v) is 3.18. The maximum atomic E-state index is 10.8. The molecular weight excluding hydrogens is 248 g/mol. The first kappa shape index (κ1) is 14.2. The Kier molecular flexibility index (Phi) is 5.19. The van der Waals surface area contributed by atoms with Crippen molar-refractivity contribution in [3.63, 3.8) is 0 Å². The van der Waals surface area contributed by atoms with Crippen molar-refractivity contribution in [3.05, 3.63) is 0 Å². The molecule has 1 aliphatic heterocycles. The van der Waals surface area contributed by atoms with E-state index in [4.69, 9.17) is 15.6 Å². The van der Waals surface area contributed by atoms with Gasteiger partial charge in [0.15, 0.2) is 11.3 Å². The van der Waals surface area contributed by atoms with E-state index in [9.17, 15) is 15.0 Å². The zero-order valence-electron chi connectivity index (χ0n) is 9.31. The summed E-state index contributed by atoms with van der Waals surface area (Å²) in [5, 5.41) is 28.0. The lowest BCUT2D eigenvalue weighted by atomic mass is 10.0. The number of nitrogens with zero attached hydrogens (tertiary/aromatic N) is 1. The van der Waals surface area contributed by atoms with E-state index in [2.05, 4.69) is 4.99 Å². The molecule has 0 aromatic heterocycles. The van der Waals surface area contributed by atoms with Crippen LogP contribution in [0.3, 0.4) is 0 Å². The van der Waals surface area contributed by atoms with E-state index >= 15 is 0 Å². The van der Waals surface area contributed by atoms with E-state index in [0.717, 1.165) is 11.8 Å². The van der Waals surface area contributed by atoms with E-state index in [0.29, 0.717) is 6.54 Å². The average Bonchev–Trinajstić information content (AvgIpc) is 2.23. The highest BCUT2D eigenvalue weighted by molar-refractivity contribution is 8.14. The SMILES string of the molecule is CCN=C(N)SC1CC(O)C(O)C(C(=O)O)O1. The number of hydrogen-bond donors (Lipinski definition) is 4. The summed E-state index contributed by atoms with van der Waals surface area (Å²) in [4.78, 5) is 14.7. The zero-order chi connectivity index (χ0) is 13.0. The Morgan fingerprint density at radius 1 is 1.59 bits per heavy atom. The molecule has 5 N–H and O–H groups in total. The molecule has 98 valence electrons. The van der Waals surface area contributed by atoms with Crippen molar-refractivity contribution >= 4 is 22.9 Å². The Labute approximate surface area is 103 Å². The van der Waals surface area contributed by atoms with E-state index in [1.54, 1.807) is 0 Å². The van der Waals surface area contributed by atoms with E-state index < -0.39 is 29.7 Å². The van der Waals surface area contributed by atoms with Gasteiger partial charge in [0.2, 0.25) is 0 Å². The van der Waals surface area contributed by atoms with Crippen LogP contribution in [-0.4, -0.2) is 56.7 Å². The minimum absolute atomic E-state index is 0.107. The Balaban J connectivity index is 2.64. The number of thioether (sulfide) groups is 1. The summed E-state index contributed by atoms with van der Waals surface area (Å²) in [6.07, 6.45) is -3.90. The van der Waals surface area contributed by atoms with Crippen molar-refractivity contribution in [1.82, 2.24) is 0 Å². The van der Waals surface area contributed by atoms with Crippen molar-refractivity contribution in [2.45, 2.75) is 37.1 Å². The molecule has 0 aromatic rings. The Morgan fingerprint density at radius 3 is 2.76 bits per heavy atom. The molecule has 1 heterocycles. The molecule has 1 saturated heterocycles. The number of carbonyl (C=O) groups is 1. The van der Waals surface area contributed by atoms with Crippen LogP contribution in [0, 0.1) is 0 Å². The minimum Gasteiger partial charge on any atom is -0.479 e. The molecule has 1 rings (SSSR count). The van der Waals surface area contributed by atoms with Gasteiger partial charge in [-0.25, -0.2) is 4.79 Å². The van der Waals surface area contributed by atoms with Crippen LogP contribution < -0.4 is 5.73 Å². The topological polar surface area (TPSA) is 125 Å². The van der Waals surface area contributed by atoms with Crippen molar-refractivity contribution in [3.8, 4) is 0 Å². The van der Waals surface area contributed by atoms with Gasteiger partial charge in [0.05, 0.1) is 6.10 Å². The number of carboxylic acid groups (broad SMARTS) is 1. The van der Waals surface area contributed by atoms with Gasteiger partial charge in [0.25, 0.3) is 0 Å². The number of amidine groups is 1. The Hall–Kier alpha value is -0.830. The maximum absolute atomic E-state index is 10.8. The van der Waals surface area contributed by atoms with Crippen molar-refractivity contribution in [2.24, 2.45) is 10.7 Å². The van der Waals surface area contributed by atoms with Gasteiger partial charge in [-0.05, 0) is 6.92 Å². The van der Waals surface area contributed by atoms with Gasteiger partial charge in [-0.15, -0.1) is 0 Å². The summed E-state index contributed by atoms with van der Waals surface area (Å²) in [5.74, 6) is -1.31. The molecule has 1 aliphatic rings. The predicted octanol–water partition coefficient (Wildman–Crippen LogP) is -1.02. The molecule has 0 aliphatic carbocycles. The van der Waals surface area contributed by atoms with E-state index in [-0.39, 0.29) is 11.6 Å². The molecule has 4 unspecified atom stereocenters. The van der Waals surface area contributed by atoms with Gasteiger partial charge in [0.1, 0.15) is 11.5 Å². The Morgan fingerprint density at radius 2 is 2.24 bits per heavy atom. The molecular formula is C9H16N2O5S. The lowest BCUT2D eigenvalue weighted by Gasteiger charge is -2.34. The quantitative estimate of drug-likeness (QED) is 0.379. The number of hydrogen-bond acceptors (Lipinski definition) is 6. The van der Waals surface area contributed by atoms with Crippen molar-refractivity contribution in [2.75, 3.05) is 6.54 Å². The van der Waals surface area contributed by atoms with Crippen molar-refractivity contribution < 1.29 is 24.9 Å². The molecule has 0 saturated carbocycles. The summed E-state index contributed by atoms with van der Waals surface area (Å²) < 4.78 is 5.14. The summed E-state index contributed by atoms with van der Waals surface area (Å²) in [5.41, 5.74) is 4.94. The fourth-order valence-electron chi connectivity index (χ4n) is 1.45. The molecule has 0 aromatic carbocycles. The second kappa shape index (κ2) is 6.20. The van der Waals surface area contributed by atoms with Crippen LogP contribution >= 0.6 is 11.8 Å². The molecule has 0 bridgehead atoms. The highest BCUT2D eigenvalue weighted by Crippen LogP contribution is 2.28. The summed E-state index contributed by atoms with van der Waals surface area (Å²) >= 11 is 1.04. The highest BCUT2D eigenvalue weighted by Gasteiger charge is 2.41. The van der Waals surface area contributed by atoms with Gasteiger partial charge >= 0.3 is 5.97 Å². The fourth-order valence-corrected chi connectivity index (χ4v) is 2.39. The van der Waals surface area contributed by atoms with Crippen LogP contribution in [0.1, 0.15) is 13.3 Å². The number of ether oxygens (including phenoxy) is 1. The first-order chi connectivity index (χ1) is 7.95. The smallest absolute Gasteiger partial charge is 0.335 e. The summed E-state index contributed by atoms with van der Waals surface area (Å²) in [6.45, 7) is 2.33. The number of aliphatic carboxylic acids is 1. The molecule has 1 fully saturated rings. The van der Waals surface area contributed by atoms with Crippen LogP contribution in [0.4, 0.5) is 0 Å². The third kappa shape index (κ3) is 3.84.